The summed E-state index contributed by atoms with van der Waals surface area (Å²) in [7, 11) is -3.86. The number of carbonyl (C=O) groups excluding carboxylic acids is 2. The van der Waals surface area contributed by atoms with Crippen molar-refractivity contribution in [1.29, 1.82) is 0 Å². The molecule has 1 aliphatic carbocycles. The Labute approximate surface area is 272 Å². The fourth-order valence-electron chi connectivity index (χ4n) is 5.33. The van der Waals surface area contributed by atoms with E-state index in [0.717, 1.165) is 58.3 Å². The zero-order valence-electron chi connectivity index (χ0n) is 24.2. The molecule has 7 nitrogen and oxygen atoms in total. The van der Waals surface area contributed by atoms with Crippen LogP contribution >= 0.6 is 39.1 Å². The lowest BCUT2D eigenvalue weighted by molar-refractivity contribution is -0.140. The van der Waals surface area contributed by atoms with Crippen molar-refractivity contribution in [1.82, 2.24) is 10.2 Å². The second-order valence-electron chi connectivity index (χ2n) is 11.0. The SMILES string of the molecule is Cc1cc(N(CC(=O)N(Cc2ccc(Cl)cc2Cl)C(Cc2ccccc2)C(=O)NC2CCCCC2)S(C)(=O)=O)ccc1Br. The normalized spacial score (nSPS) is 14.6. The topological polar surface area (TPSA) is 86.8 Å². The Kier molecular flexibility index (Phi) is 11.6. The van der Waals surface area contributed by atoms with Crippen molar-refractivity contribution >= 4 is 66.7 Å². The first-order valence-corrected chi connectivity index (χ1v) is 17.6. The number of halogens is 3. The lowest BCUT2D eigenvalue weighted by atomic mass is 9.94. The summed E-state index contributed by atoms with van der Waals surface area (Å²) in [4.78, 5) is 29.8. The number of benzene rings is 3. The molecule has 1 saturated carbocycles. The lowest BCUT2D eigenvalue weighted by Gasteiger charge is -2.35. The van der Waals surface area contributed by atoms with Gasteiger partial charge in [0.2, 0.25) is 21.8 Å². The van der Waals surface area contributed by atoms with Gasteiger partial charge in [0.05, 0.1) is 11.9 Å². The fourth-order valence-corrected chi connectivity index (χ4v) is 6.89. The maximum Gasteiger partial charge on any atom is 0.244 e. The number of hydrogen-bond donors (Lipinski definition) is 1. The monoisotopic (exact) mass is 707 g/mol. The lowest BCUT2D eigenvalue weighted by Crippen LogP contribution is -2.55. The second kappa shape index (κ2) is 14.9. The first-order valence-electron chi connectivity index (χ1n) is 14.2. The zero-order valence-corrected chi connectivity index (χ0v) is 28.1. The van der Waals surface area contributed by atoms with E-state index in [0.29, 0.717) is 21.3 Å². The van der Waals surface area contributed by atoms with E-state index in [1.807, 2.05) is 37.3 Å². The molecule has 0 bridgehead atoms. The number of hydrogen-bond acceptors (Lipinski definition) is 4. The summed E-state index contributed by atoms with van der Waals surface area (Å²) < 4.78 is 27.9. The van der Waals surface area contributed by atoms with Gasteiger partial charge in [-0.15, -0.1) is 0 Å². The van der Waals surface area contributed by atoms with Crippen LogP contribution in [0.25, 0.3) is 0 Å². The van der Waals surface area contributed by atoms with Crippen LogP contribution in [0.2, 0.25) is 10.0 Å². The largest absolute Gasteiger partial charge is 0.352 e. The first-order chi connectivity index (χ1) is 20.4. The molecule has 0 aromatic heterocycles. The minimum Gasteiger partial charge on any atom is -0.352 e. The highest BCUT2D eigenvalue weighted by Crippen LogP contribution is 2.27. The van der Waals surface area contributed by atoms with E-state index in [1.54, 1.807) is 36.4 Å². The van der Waals surface area contributed by atoms with E-state index >= 15 is 0 Å². The number of aryl methyl sites for hydroxylation is 1. The highest BCUT2D eigenvalue weighted by Gasteiger charge is 2.34. The minimum atomic E-state index is -3.86. The van der Waals surface area contributed by atoms with Gasteiger partial charge in [-0.3, -0.25) is 13.9 Å². The van der Waals surface area contributed by atoms with Crippen LogP contribution in [-0.4, -0.2) is 50.0 Å². The molecule has 230 valence electrons. The predicted octanol–water partition coefficient (Wildman–Crippen LogP) is 6.92. The molecular formula is C32H36BrCl2N3O4S. The maximum atomic E-state index is 14.3. The van der Waals surface area contributed by atoms with Gasteiger partial charge in [-0.25, -0.2) is 8.42 Å². The van der Waals surface area contributed by atoms with E-state index in [1.165, 1.54) is 4.90 Å². The summed E-state index contributed by atoms with van der Waals surface area (Å²) in [5.41, 5.74) is 2.63. The number of nitrogens with one attached hydrogen (secondary N) is 1. The van der Waals surface area contributed by atoms with Gasteiger partial charge in [-0.2, -0.15) is 0 Å². The number of carbonyl (C=O) groups is 2. The smallest absolute Gasteiger partial charge is 0.244 e. The third kappa shape index (κ3) is 9.20. The maximum absolute atomic E-state index is 14.3. The van der Waals surface area contributed by atoms with E-state index in [9.17, 15) is 18.0 Å². The van der Waals surface area contributed by atoms with Crippen molar-refractivity contribution in [3.8, 4) is 0 Å². The molecule has 3 aromatic rings. The number of nitrogens with zero attached hydrogens (tertiary/aromatic N) is 2. The molecule has 3 aromatic carbocycles. The van der Waals surface area contributed by atoms with Crippen molar-refractivity contribution in [2.75, 3.05) is 17.1 Å². The summed E-state index contributed by atoms with van der Waals surface area (Å²) in [6.45, 7) is 1.34. The number of amides is 2. The summed E-state index contributed by atoms with van der Waals surface area (Å²) in [5, 5.41) is 3.98. The fraction of sp³-hybridized carbons (Fsp3) is 0.375. The third-order valence-electron chi connectivity index (χ3n) is 7.69. The van der Waals surface area contributed by atoms with Gasteiger partial charge < -0.3 is 10.2 Å². The van der Waals surface area contributed by atoms with Crippen LogP contribution in [0.3, 0.4) is 0 Å². The molecule has 43 heavy (non-hydrogen) atoms. The van der Waals surface area contributed by atoms with Crippen molar-refractivity contribution in [2.24, 2.45) is 0 Å². The molecule has 1 aliphatic rings. The number of anilines is 1. The Morgan fingerprint density at radius 3 is 2.33 bits per heavy atom. The van der Waals surface area contributed by atoms with Crippen molar-refractivity contribution in [3.63, 3.8) is 0 Å². The van der Waals surface area contributed by atoms with Crippen molar-refractivity contribution < 1.29 is 18.0 Å². The van der Waals surface area contributed by atoms with Gasteiger partial charge in [0.15, 0.2) is 0 Å². The van der Waals surface area contributed by atoms with Crippen LogP contribution in [-0.2, 0) is 32.6 Å². The zero-order chi connectivity index (χ0) is 31.1. The predicted molar refractivity (Wildman–Crippen MR) is 177 cm³/mol. The molecular weight excluding hydrogens is 673 g/mol. The molecule has 2 amide bonds. The highest BCUT2D eigenvalue weighted by molar-refractivity contribution is 9.10. The minimum absolute atomic E-state index is 0.0125. The molecule has 1 N–H and O–H groups in total. The van der Waals surface area contributed by atoms with Crippen LogP contribution in [0.1, 0.15) is 48.8 Å². The summed E-state index contributed by atoms with van der Waals surface area (Å²) >= 11 is 16.2. The molecule has 11 heteroatoms. The van der Waals surface area contributed by atoms with Gasteiger partial charge in [-0.1, -0.05) is 94.8 Å². The third-order valence-corrected chi connectivity index (χ3v) is 10.3. The molecule has 0 radical (unpaired) electrons. The van der Waals surface area contributed by atoms with Gasteiger partial charge in [0, 0.05) is 33.5 Å². The first kappa shape index (κ1) is 33.3. The molecule has 4 rings (SSSR count). The molecule has 1 fully saturated rings. The van der Waals surface area contributed by atoms with Crippen LogP contribution in [0, 0.1) is 6.92 Å². The van der Waals surface area contributed by atoms with Crippen molar-refractivity contribution in [3.05, 3.63) is 97.9 Å². The Morgan fingerprint density at radius 2 is 1.70 bits per heavy atom. The van der Waals surface area contributed by atoms with E-state index < -0.39 is 28.5 Å². The summed E-state index contributed by atoms with van der Waals surface area (Å²) in [6, 6.07) is 18.6. The van der Waals surface area contributed by atoms with E-state index in [2.05, 4.69) is 21.2 Å². The quantitative estimate of drug-likeness (QED) is 0.234. The van der Waals surface area contributed by atoms with Gasteiger partial charge in [-0.05, 0) is 66.8 Å². The summed E-state index contributed by atoms with van der Waals surface area (Å²) in [6.07, 6.45) is 6.27. The van der Waals surface area contributed by atoms with E-state index in [-0.39, 0.29) is 24.9 Å². The van der Waals surface area contributed by atoms with Gasteiger partial charge in [0.1, 0.15) is 12.6 Å². The van der Waals surface area contributed by atoms with Crippen molar-refractivity contribution in [2.45, 2.75) is 64.1 Å². The molecule has 1 unspecified atom stereocenters. The van der Waals surface area contributed by atoms with Gasteiger partial charge in [0.25, 0.3) is 0 Å². The average molecular weight is 710 g/mol. The highest BCUT2D eigenvalue weighted by atomic mass is 79.9. The van der Waals surface area contributed by atoms with Gasteiger partial charge >= 0.3 is 0 Å². The molecule has 0 saturated heterocycles. The van der Waals surface area contributed by atoms with Crippen LogP contribution in [0.15, 0.2) is 71.2 Å². The number of sulfonamides is 1. The Hall–Kier alpha value is -2.59. The molecule has 1 atom stereocenters. The van der Waals surface area contributed by atoms with Crippen LogP contribution < -0.4 is 9.62 Å². The van der Waals surface area contributed by atoms with Crippen LogP contribution in [0.4, 0.5) is 5.69 Å². The standard InChI is InChI=1S/C32H36BrCl2N3O4S/c1-22-17-27(15-16-28(22)33)38(43(2,41)42)21-31(39)37(20-24-13-14-25(34)19-29(24)35)30(18-23-9-5-3-6-10-23)32(40)36-26-11-7-4-8-12-26/h3,5-6,9-10,13-17,19,26,30H,4,7-8,11-12,18,20-21H2,1-2H3,(H,36,40). The number of rotatable bonds is 11. The molecule has 0 aliphatic heterocycles. The summed E-state index contributed by atoms with van der Waals surface area (Å²) in [5.74, 6) is -0.809. The second-order valence-corrected chi connectivity index (χ2v) is 14.6. The Morgan fingerprint density at radius 1 is 1.00 bits per heavy atom. The Bertz CT molecular complexity index is 1550. The van der Waals surface area contributed by atoms with Crippen LogP contribution in [0.5, 0.6) is 0 Å². The average Bonchev–Trinajstić information content (AvgIpc) is 2.96. The van der Waals surface area contributed by atoms with E-state index in [4.69, 9.17) is 23.2 Å². The Balaban J connectivity index is 1.75. The molecule has 0 heterocycles. The molecule has 0 spiro atoms.